The molecule has 0 atom stereocenters. The number of hydrogen-bond acceptors (Lipinski definition) is 5. The summed E-state index contributed by atoms with van der Waals surface area (Å²) in [6.45, 7) is 4.02. The van der Waals surface area contributed by atoms with Crippen molar-refractivity contribution in [3.8, 4) is 0 Å². The van der Waals surface area contributed by atoms with Crippen molar-refractivity contribution in [1.82, 2.24) is 10.2 Å². The number of anilines is 3. The van der Waals surface area contributed by atoms with Gasteiger partial charge in [0, 0.05) is 10.7 Å². The maximum absolute atomic E-state index is 12.4. The Labute approximate surface area is 157 Å². The number of benzene rings is 2. The lowest BCUT2D eigenvalue weighted by Crippen LogP contribution is -2.14. The zero-order chi connectivity index (χ0) is 18.7. The first-order valence-electron chi connectivity index (χ1n) is 7.80. The minimum Gasteiger partial charge on any atom is -0.339 e. The van der Waals surface area contributed by atoms with Crippen molar-refractivity contribution in [1.29, 1.82) is 0 Å². The second kappa shape index (κ2) is 7.31. The molecule has 0 fully saturated rings. The summed E-state index contributed by atoms with van der Waals surface area (Å²) in [4.78, 5) is 0.0595. The maximum Gasteiger partial charge on any atom is 0.263 e. The van der Waals surface area contributed by atoms with Gasteiger partial charge in [-0.15, -0.1) is 10.2 Å². The minimum atomic E-state index is -3.78. The van der Waals surface area contributed by atoms with Gasteiger partial charge in [0.25, 0.3) is 10.0 Å². The van der Waals surface area contributed by atoms with E-state index >= 15 is 0 Å². The summed E-state index contributed by atoms with van der Waals surface area (Å²) < 4.78 is 27.1. The van der Waals surface area contributed by atoms with E-state index in [2.05, 4.69) is 26.3 Å². The SMILES string of the molecule is Cc1ccc(Nc2ccc(NS(=O)(=O)c3cccc(Cl)c3)nn2)c(C)c1. The van der Waals surface area contributed by atoms with E-state index in [4.69, 9.17) is 11.6 Å². The number of sulfonamides is 1. The molecular formula is C18H17ClN4O2S. The molecule has 0 aliphatic heterocycles. The van der Waals surface area contributed by atoms with Gasteiger partial charge in [-0.2, -0.15) is 0 Å². The Bertz CT molecular complexity index is 1040. The highest BCUT2D eigenvalue weighted by Gasteiger charge is 2.15. The first-order chi connectivity index (χ1) is 12.3. The quantitative estimate of drug-likeness (QED) is 0.681. The molecular weight excluding hydrogens is 372 g/mol. The molecule has 0 aliphatic rings. The second-order valence-electron chi connectivity index (χ2n) is 5.81. The Hall–Kier alpha value is -2.64. The van der Waals surface area contributed by atoms with E-state index in [1.54, 1.807) is 24.3 Å². The first-order valence-corrected chi connectivity index (χ1v) is 9.66. The lowest BCUT2D eigenvalue weighted by molar-refractivity contribution is 0.601. The van der Waals surface area contributed by atoms with Gasteiger partial charge in [-0.25, -0.2) is 8.42 Å². The molecule has 3 aromatic rings. The van der Waals surface area contributed by atoms with Gasteiger partial charge < -0.3 is 5.32 Å². The highest BCUT2D eigenvalue weighted by molar-refractivity contribution is 7.92. The smallest absolute Gasteiger partial charge is 0.263 e. The fraction of sp³-hybridized carbons (Fsp3) is 0.111. The zero-order valence-corrected chi connectivity index (χ0v) is 15.8. The summed E-state index contributed by atoms with van der Waals surface area (Å²) in [6.07, 6.45) is 0. The average molecular weight is 389 g/mol. The Morgan fingerprint density at radius 2 is 1.65 bits per heavy atom. The third-order valence-electron chi connectivity index (χ3n) is 3.65. The average Bonchev–Trinajstić information content (AvgIpc) is 2.59. The normalized spacial score (nSPS) is 11.2. The Morgan fingerprint density at radius 3 is 2.31 bits per heavy atom. The van der Waals surface area contributed by atoms with Crippen LogP contribution in [0.1, 0.15) is 11.1 Å². The number of aromatic nitrogens is 2. The minimum absolute atomic E-state index is 0.0595. The third-order valence-corrected chi connectivity index (χ3v) is 5.24. The van der Waals surface area contributed by atoms with E-state index in [1.807, 2.05) is 26.0 Å². The Morgan fingerprint density at radius 1 is 0.923 bits per heavy atom. The van der Waals surface area contributed by atoms with E-state index in [1.165, 1.54) is 17.7 Å². The van der Waals surface area contributed by atoms with Gasteiger partial charge in [0.2, 0.25) is 0 Å². The topological polar surface area (TPSA) is 84.0 Å². The molecule has 0 spiro atoms. The van der Waals surface area contributed by atoms with Crippen molar-refractivity contribution in [2.45, 2.75) is 18.7 Å². The number of nitrogens with one attached hydrogen (secondary N) is 2. The summed E-state index contributed by atoms with van der Waals surface area (Å²) >= 11 is 5.85. The van der Waals surface area contributed by atoms with Crippen LogP contribution in [0.15, 0.2) is 59.5 Å². The standard InChI is InChI=1S/C18H17ClN4O2S/c1-12-6-7-16(13(2)10-12)20-17-8-9-18(22-21-17)23-26(24,25)15-5-3-4-14(19)11-15/h3-11H,1-2H3,(H,20,21)(H,22,23). The van der Waals surface area contributed by atoms with Crippen molar-refractivity contribution < 1.29 is 8.42 Å². The van der Waals surface area contributed by atoms with Gasteiger partial charge in [-0.1, -0.05) is 35.4 Å². The van der Waals surface area contributed by atoms with Crippen LogP contribution in [0.2, 0.25) is 5.02 Å². The monoisotopic (exact) mass is 388 g/mol. The van der Waals surface area contributed by atoms with Crippen LogP contribution < -0.4 is 10.0 Å². The summed E-state index contributed by atoms with van der Waals surface area (Å²) in [7, 11) is -3.78. The second-order valence-corrected chi connectivity index (χ2v) is 7.93. The first kappa shape index (κ1) is 18.2. The number of halogens is 1. The maximum atomic E-state index is 12.4. The van der Waals surface area contributed by atoms with Crippen LogP contribution in [0, 0.1) is 13.8 Å². The van der Waals surface area contributed by atoms with E-state index < -0.39 is 10.0 Å². The van der Waals surface area contributed by atoms with Crippen molar-refractivity contribution in [2.24, 2.45) is 0 Å². The third kappa shape index (κ3) is 4.30. The molecule has 0 unspecified atom stereocenters. The highest BCUT2D eigenvalue weighted by atomic mass is 35.5. The van der Waals surface area contributed by atoms with Gasteiger partial charge >= 0.3 is 0 Å². The molecule has 0 saturated carbocycles. The summed E-state index contributed by atoms with van der Waals surface area (Å²) in [5.41, 5.74) is 3.17. The van der Waals surface area contributed by atoms with Crippen LogP contribution in [-0.4, -0.2) is 18.6 Å². The summed E-state index contributed by atoms with van der Waals surface area (Å²) in [6, 6.07) is 15.2. The molecule has 0 radical (unpaired) electrons. The van der Waals surface area contributed by atoms with Crippen LogP contribution in [0.4, 0.5) is 17.3 Å². The fourth-order valence-electron chi connectivity index (χ4n) is 2.38. The van der Waals surface area contributed by atoms with Gasteiger partial charge in [0.1, 0.15) is 0 Å². The predicted molar refractivity (Wildman–Crippen MR) is 103 cm³/mol. The van der Waals surface area contributed by atoms with Crippen LogP contribution in [0.3, 0.4) is 0 Å². The largest absolute Gasteiger partial charge is 0.339 e. The fourth-order valence-corrected chi connectivity index (χ4v) is 3.67. The van der Waals surface area contributed by atoms with Gasteiger partial charge in [-0.3, -0.25) is 4.72 Å². The lowest BCUT2D eigenvalue weighted by atomic mass is 10.1. The Balaban J connectivity index is 1.75. The van der Waals surface area contributed by atoms with Gasteiger partial charge in [-0.05, 0) is 55.8 Å². The number of rotatable bonds is 5. The molecule has 2 aromatic carbocycles. The number of hydrogen-bond donors (Lipinski definition) is 2. The van der Waals surface area contributed by atoms with Gasteiger partial charge in [0.05, 0.1) is 4.90 Å². The Kier molecular flexibility index (Phi) is 5.11. The molecule has 0 saturated heterocycles. The van der Waals surface area contributed by atoms with Crippen molar-refractivity contribution in [2.75, 3.05) is 10.0 Å². The van der Waals surface area contributed by atoms with E-state index in [0.29, 0.717) is 10.8 Å². The molecule has 1 heterocycles. The van der Waals surface area contributed by atoms with Crippen LogP contribution in [0.25, 0.3) is 0 Å². The molecule has 3 rings (SSSR count). The molecule has 0 aliphatic carbocycles. The molecule has 2 N–H and O–H groups in total. The van der Waals surface area contributed by atoms with E-state index in [9.17, 15) is 8.42 Å². The number of nitrogens with zero attached hydrogens (tertiary/aromatic N) is 2. The van der Waals surface area contributed by atoms with Crippen molar-refractivity contribution in [3.05, 3.63) is 70.7 Å². The molecule has 134 valence electrons. The molecule has 8 heteroatoms. The molecule has 0 amide bonds. The van der Waals surface area contributed by atoms with Gasteiger partial charge in [0.15, 0.2) is 11.6 Å². The van der Waals surface area contributed by atoms with E-state index in [0.717, 1.165) is 11.3 Å². The zero-order valence-electron chi connectivity index (χ0n) is 14.2. The van der Waals surface area contributed by atoms with Crippen molar-refractivity contribution in [3.63, 3.8) is 0 Å². The van der Waals surface area contributed by atoms with Crippen LogP contribution in [-0.2, 0) is 10.0 Å². The molecule has 6 nitrogen and oxygen atoms in total. The summed E-state index contributed by atoms with van der Waals surface area (Å²) in [5, 5.41) is 11.4. The highest BCUT2D eigenvalue weighted by Crippen LogP contribution is 2.21. The van der Waals surface area contributed by atoms with E-state index in [-0.39, 0.29) is 10.7 Å². The van der Waals surface area contributed by atoms with Crippen LogP contribution in [0.5, 0.6) is 0 Å². The molecule has 26 heavy (non-hydrogen) atoms. The predicted octanol–water partition coefficient (Wildman–Crippen LogP) is 4.29. The number of aryl methyl sites for hydroxylation is 2. The molecule has 0 bridgehead atoms. The lowest BCUT2D eigenvalue weighted by Gasteiger charge is -2.10. The van der Waals surface area contributed by atoms with Crippen molar-refractivity contribution >= 4 is 38.9 Å². The molecule has 1 aromatic heterocycles. The van der Waals surface area contributed by atoms with Crippen LogP contribution >= 0.6 is 11.6 Å². The summed E-state index contributed by atoms with van der Waals surface area (Å²) in [5.74, 6) is 0.638.